The standard InChI is InChI=1S/C12H17FN4O3S/c13-9-5-4-8-15-10(9)21(19,20)17-12(11(14)16-18)6-2-1-3-7-12/h4-5,8,17-18H,1-3,6-7H2,(H2,14,16). The van der Waals surface area contributed by atoms with Crippen molar-refractivity contribution in [2.75, 3.05) is 0 Å². The highest BCUT2D eigenvalue weighted by atomic mass is 32.2. The molecule has 1 saturated carbocycles. The maximum atomic E-state index is 13.7. The first kappa shape index (κ1) is 15.6. The van der Waals surface area contributed by atoms with Crippen molar-refractivity contribution >= 4 is 15.9 Å². The number of halogens is 1. The molecule has 0 unspecified atom stereocenters. The molecule has 0 spiro atoms. The van der Waals surface area contributed by atoms with Crippen LogP contribution in [0.25, 0.3) is 0 Å². The largest absolute Gasteiger partial charge is 0.409 e. The number of sulfonamides is 1. The van der Waals surface area contributed by atoms with Crippen LogP contribution in [0.15, 0.2) is 28.5 Å². The van der Waals surface area contributed by atoms with Crippen molar-refractivity contribution in [3.63, 3.8) is 0 Å². The van der Waals surface area contributed by atoms with Gasteiger partial charge in [0, 0.05) is 6.20 Å². The Labute approximate surface area is 122 Å². The van der Waals surface area contributed by atoms with Crippen LogP contribution < -0.4 is 10.5 Å². The van der Waals surface area contributed by atoms with Crippen LogP contribution in [0, 0.1) is 5.82 Å². The monoisotopic (exact) mass is 316 g/mol. The molecular weight excluding hydrogens is 299 g/mol. The van der Waals surface area contributed by atoms with E-state index in [0.29, 0.717) is 12.8 Å². The summed E-state index contributed by atoms with van der Waals surface area (Å²) < 4.78 is 40.7. The first-order chi connectivity index (χ1) is 9.91. The summed E-state index contributed by atoms with van der Waals surface area (Å²) in [5.74, 6) is -1.17. The summed E-state index contributed by atoms with van der Waals surface area (Å²) in [5.41, 5.74) is 4.47. The lowest BCUT2D eigenvalue weighted by Gasteiger charge is -2.36. The van der Waals surface area contributed by atoms with E-state index in [4.69, 9.17) is 10.9 Å². The van der Waals surface area contributed by atoms with Crippen LogP contribution >= 0.6 is 0 Å². The number of amidine groups is 1. The minimum atomic E-state index is -4.21. The number of nitrogens with two attached hydrogens (primary N) is 1. The molecular formula is C12H17FN4O3S. The molecule has 1 aromatic rings. The number of nitrogens with zero attached hydrogens (tertiary/aromatic N) is 2. The molecule has 0 amide bonds. The molecule has 0 aliphatic heterocycles. The molecule has 4 N–H and O–H groups in total. The summed E-state index contributed by atoms with van der Waals surface area (Å²) in [6.07, 6.45) is 4.34. The van der Waals surface area contributed by atoms with Gasteiger partial charge < -0.3 is 10.9 Å². The summed E-state index contributed by atoms with van der Waals surface area (Å²) in [5, 5.41) is 11.2. The quantitative estimate of drug-likeness (QED) is 0.331. The van der Waals surface area contributed by atoms with Crippen molar-refractivity contribution in [3.8, 4) is 0 Å². The third kappa shape index (κ3) is 3.13. The second kappa shape index (κ2) is 5.94. The number of oxime groups is 1. The van der Waals surface area contributed by atoms with Crippen LogP contribution in [0.3, 0.4) is 0 Å². The van der Waals surface area contributed by atoms with Crippen molar-refractivity contribution in [2.45, 2.75) is 42.7 Å². The lowest BCUT2D eigenvalue weighted by molar-refractivity contribution is 0.293. The predicted molar refractivity (Wildman–Crippen MR) is 73.7 cm³/mol. The molecule has 1 aliphatic rings. The van der Waals surface area contributed by atoms with Gasteiger partial charge in [-0.05, 0) is 25.0 Å². The highest BCUT2D eigenvalue weighted by molar-refractivity contribution is 7.89. The van der Waals surface area contributed by atoms with Crippen LogP contribution in [-0.2, 0) is 10.0 Å². The van der Waals surface area contributed by atoms with Crippen molar-refractivity contribution in [1.29, 1.82) is 0 Å². The van der Waals surface area contributed by atoms with Gasteiger partial charge >= 0.3 is 0 Å². The molecule has 21 heavy (non-hydrogen) atoms. The zero-order valence-corrected chi connectivity index (χ0v) is 12.1. The molecule has 2 rings (SSSR count). The molecule has 116 valence electrons. The molecule has 0 radical (unpaired) electrons. The minimum absolute atomic E-state index is 0.220. The zero-order valence-electron chi connectivity index (χ0n) is 11.3. The highest BCUT2D eigenvalue weighted by Crippen LogP contribution is 2.30. The fraction of sp³-hybridized carbons (Fsp3) is 0.500. The van der Waals surface area contributed by atoms with Gasteiger partial charge in [-0.3, -0.25) is 0 Å². The van der Waals surface area contributed by atoms with Crippen LogP contribution in [0.5, 0.6) is 0 Å². The highest BCUT2D eigenvalue weighted by Gasteiger charge is 2.41. The maximum absolute atomic E-state index is 13.7. The molecule has 0 aromatic carbocycles. The van der Waals surface area contributed by atoms with E-state index in [1.165, 1.54) is 12.3 Å². The zero-order chi connectivity index (χ0) is 15.5. The summed E-state index contributed by atoms with van der Waals surface area (Å²) in [6, 6.07) is 2.31. The molecule has 1 aliphatic carbocycles. The van der Waals surface area contributed by atoms with Crippen molar-refractivity contribution in [2.24, 2.45) is 10.9 Å². The fourth-order valence-corrected chi connectivity index (χ4v) is 3.98. The lowest BCUT2D eigenvalue weighted by Crippen LogP contribution is -2.58. The normalized spacial score (nSPS) is 19.4. The van der Waals surface area contributed by atoms with Gasteiger partial charge in [0.1, 0.15) is 0 Å². The Bertz CT molecular complexity index is 642. The molecule has 1 fully saturated rings. The van der Waals surface area contributed by atoms with Gasteiger partial charge in [0.2, 0.25) is 5.03 Å². The molecule has 1 aromatic heterocycles. The van der Waals surface area contributed by atoms with Crippen molar-refractivity contribution < 1.29 is 18.0 Å². The summed E-state index contributed by atoms with van der Waals surface area (Å²) in [6.45, 7) is 0. The number of pyridine rings is 1. The number of hydrogen-bond donors (Lipinski definition) is 3. The van der Waals surface area contributed by atoms with Crippen molar-refractivity contribution in [1.82, 2.24) is 9.71 Å². The van der Waals surface area contributed by atoms with Gasteiger partial charge in [0.25, 0.3) is 10.0 Å². The Balaban J connectivity index is 2.39. The Kier molecular flexibility index (Phi) is 4.43. The molecule has 0 saturated heterocycles. The third-order valence-corrected chi connectivity index (χ3v) is 5.08. The van der Waals surface area contributed by atoms with E-state index in [1.54, 1.807) is 0 Å². The van der Waals surface area contributed by atoms with E-state index in [0.717, 1.165) is 25.3 Å². The second-order valence-corrected chi connectivity index (χ2v) is 6.62. The topological polar surface area (TPSA) is 118 Å². The maximum Gasteiger partial charge on any atom is 0.261 e. The Morgan fingerprint density at radius 3 is 2.67 bits per heavy atom. The predicted octanol–water partition coefficient (Wildman–Crippen LogP) is 0.948. The molecule has 1 heterocycles. The average Bonchev–Trinajstić information content (AvgIpc) is 2.47. The van der Waals surface area contributed by atoms with Gasteiger partial charge in [-0.1, -0.05) is 24.4 Å². The Morgan fingerprint density at radius 2 is 2.10 bits per heavy atom. The van der Waals surface area contributed by atoms with Gasteiger partial charge in [-0.15, -0.1) is 0 Å². The summed E-state index contributed by atoms with van der Waals surface area (Å²) in [4.78, 5) is 3.56. The van der Waals surface area contributed by atoms with Crippen LogP contribution in [0.2, 0.25) is 0 Å². The Morgan fingerprint density at radius 1 is 1.43 bits per heavy atom. The Hall–Kier alpha value is -1.74. The second-order valence-electron chi connectivity index (χ2n) is 5.02. The van der Waals surface area contributed by atoms with Crippen molar-refractivity contribution in [3.05, 3.63) is 24.1 Å². The number of hydrogen-bond acceptors (Lipinski definition) is 5. The average molecular weight is 316 g/mol. The van der Waals surface area contributed by atoms with Crippen LogP contribution in [0.4, 0.5) is 4.39 Å². The number of aromatic nitrogens is 1. The van der Waals surface area contributed by atoms with Gasteiger partial charge in [-0.2, -0.15) is 4.72 Å². The van der Waals surface area contributed by atoms with Gasteiger partial charge in [0.15, 0.2) is 11.7 Å². The molecule has 9 heteroatoms. The third-order valence-electron chi connectivity index (χ3n) is 3.61. The molecule has 0 bridgehead atoms. The van der Waals surface area contributed by atoms with E-state index in [9.17, 15) is 12.8 Å². The SMILES string of the molecule is N/C(=N/O)C1(NS(=O)(=O)c2ncccc2F)CCCCC1. The molecule has 0 atom stereocenters. The lowest BCUT2D eigenvalue weighted by atomic mass is 9.82. The minimum Gasteiger partial charge on any atom is -0.409 e. The fourth-order valence-electron chi connectivity index (χ4n) is 2.54. The van der Waals surface area contributed by atoms with E-state index in [1.807, 2.05) is 0 Å². The number of rotatable bonds is 4. The first-order valence-corrected chi connectivity index (χ1v) is 8.02. The van der Waals surface area contributed by atoms with E-state index in [-0.39, 0.29) is 5.84 Å². The van der Waals surface area contributed by atoms with E-state index < -0.39 is 26.4 Å². The van der Waals surface area contributed by atoms with Gasteiger partial charge in [0.05, 0.1) is 5.54 Å². The molecule has 7 nitrogen and oxygen atoms in total. The van der Waals surface area contributed by atoms with Gasteiger partial charge in [-0.25, -0.2) is 17.8 Å². The summed E-state index contributed by atoms with van der Waals surface area (Å²) >= 11 is 0. The van der Waals surface area contributed by atoms with E-state index in [2.05, 4.69) is 14.9 Å². The van der Waals surface area contributed by atoms with Crippen LogP contribution in [0.1, 0.15) is 32.1 Å². The van der Waals surface area contributed by atoms with Crippen LogP contribution in [-0.4, -0.2) is 30.0 Å². The van der Waals surface area contributed by atoms with E-state index >= 15 is 0 Å². The first-order valence-electron chi connectivity index (χ1n) is 6.54. The summed E-state index contributed by atoms with van der Waals surface area (Å²) in [7, 11) is -4.21. The number of nitrogens with one attached hydrogen (secondary N) is 1. The smallest absolute Gasteiger partial charge is 0.261 e.